The summed E-state index contributed by atoms with van der Waals surface area (Å²) in [5.74, 6) is -2.41. The van der Waals surface area contributed by atoms with Crippen LogP contribution in [0, 0.1) is 5.82 Å². The Balaban J connectivity index is 2.23. The molecule has 1 heterocycles. The number of amides is 1. The van der Waals surface area contributed by atoms with E-state index in [0.29, 0.717) is 11.6 Å². The second-order valence-corrected chi connectivity index (χ2v) is 7.69. The van der Waals surface area contributed by atoms with Crippen molar-refractivity contribution in [2.75, 3.05) is 0 Å². The first-order valence-corrected chi connectivity index (χ1v) is 10.0. The molecule has 0 aliphatic rings. The Kier molecular flexibility index (Phi) is 7.22. The molecule has 4 nitrogen and oxygen atoms in total. The van der Waals surface area contributed by atoms with Crippen molar-refractivity contribution in [3.63, 3.8) is 0 Å². The molecule has 0 saturated heterocycles. The summed E-state index contributed by atoms with van der Waals surface area (Å²) in [5.41, 5.74) is -0.717. The zero-order valence-corrected chi connectivity index (χ0v) is 17.9. The fraction of sp³-hybridized carbons (Fsp3) is 0.217. The van der Waals surface area contributed by atoms with E-state index in [1.165, 1.54) is 25.3 Å². The molecule has 1 aromatic heterocycles. The van der Waals surface area contributed by atoms with Crippen LogP contribution in [0.25, 0.3) is 0 Å². The number of hydrogen-bond acceptors (Lipinski definition) is 3. The smallest absolute Gasteiger partial charge is 0.428 e. The molecule has 1 N–H and O–H groups in total. The normalized spacial score (nSPS) is 13.5. The van der Waals surface area contributed by atoms with E-state index in [1.54, 1.807) is 30.3 Å². The lowest BCUT2D eigenvalue weighted by molar-refractivity contribution is -0.253. The molecule has 1 atom stereocenters. The molecule has 0 radical (unpaired) electrons. The molecule has 0 fully saturated rings. The fourth-order valence-corrected chi connectivity index (χ4v) is 3.53. The minimum atomic E-state index is -4.85. The van der Waals surface area contributed by atoms with Crippen LogP contribution in [0.1, 0.15) is 23.7 Å². The van der Waals surface area contributed by atoms with Gasteiger partial charge in [0.2, 0.25) is 5.91 Å². The Morgan fingerprint density at radius 1 is 1.12 bits per heavy atom. The Labute approximate surface area is 191 Å². The van der Waals surface area contributed by atoms with Crippen molar-refractivity contribution in [1.29, 1.82) is 0 Å². The highest BCUT2D eigenvalue weighted by Crippen LogP contribution is 2.37. The van der Waals surface area contributed by atoms with E-state index in [1.807, 2.05) is 0 Å². The van der Waals surface area contributed by atoms with Crippen LogP contribution in [-0.2, 0) is 16.8 Å². The molecule has 2 aromatic carbocycles. The van der Waals surface area contributed by atoms with E-state index in [-0.39, 0.29) is 22.7 Å². The first-order valence-electron chi connectivity index (χ1n) is 9.62. The van der Waals surface area contributed by atoms with Crippen molar-refractivity contribution >= 4 is 17.5 Å². The average molecular weight is 485 g/mol. The number of rotatable bonds is 8. The molecule has 174 valence electrons. The molecule has 33 heavy (non-hydrogen) atoms. The summed E-state index contributed by atoms with van der Waals surface area (Å²) in [4.78, 5) is 16.5. The number of nitrogens with one attached hydrogen (secondary N) is 1. The van der Waals surface area contributed by atoms with Gasteiger partial charge in [0.25, 0.3) is 0 Å². The SMILES string of the molecule is CC(=O)N[C@@](Cc1ccccc1)(c1cc(F)cc(OC(F)(F)C(F)F)c1)c1ccc(Cl)cn1. The largest absolute Gasteiger partial charge is 0.461 e. The number of benzene rings is 2. The highest BCUT2D eigenvalue weighted by atomic mass is 35.5. The highest BCUT2D eigenvalue weighted by molar-refractivity contribution is 6.30. The Bertz CT molecular complexity index is 1110. The average Bonchev–Trinajstić information content (AvgIpc) is 2.73. The van der Waals surface area contributed by atoms with Gasteiger partial charge in [-0.1, -0.05) is 41.9 Å². The second-order valence-electron chi connectivity index (χ2n) is 7.25. The van der Waals surface area contributed by atoms with E-state index in [9.17, 15) is 26.7 Å². The van der Waals surface area contributed by atoms with E-state index in [4.69, 9.17) is 11.6 Å². The van der Waals surface area contributed by atoms with Crippen molar-refractivity contribution in [3.05, 3.63) is 94.5 Å². The molecule has 3 aromatic rings. The van der Waals surface area contributed by atoms with Gasteiger partial charge >= 0.3 is 12.5 Å². The minimum Gasteiger partial charge on any atom is -0.428 e. The van der Waals surface area contributed by atoms with Crippen LogP contribution in [0.5, 0.6) is 5.75 Å². The van der Waals surface area contributed by atoms with E-state index < -0.39 is 35.5 Å². The third-order valence-corrected chi connectivity index (χ3v) is 4.96. The van der Waals surface area contributed by atoms with Crippen LogP contribution >= 0.6 is 11.6 Å². The molecule has 0 saturated carbocycles. The van der Waals surface area contributed by atoms with E-state index in [2.05, 4.69) is 15.0 Å². The molecular formula is C23H18ClF5N2O2. The number of nitrogens with zero attached hydrogens (tertiary/aromatic N) is 1. The lowest BCUT2D eigenvalue weighted by Gasteiger charge is -2.35. The quantitative estimate of drug-likeness (QED) is 0.415. The number of pyridine rings is 1. The molecule has 0 aliphatic heterocycles. The highest BCUT2D eigenvalue weighted by Gasteiger charge is 2.45. The van der Waals surface area contributed by atoms with Crippen molar-refractivity contribution in [1.82, 2.24) is 10.3 Å². The number of hydrogen-bond donors (Lipinski definition) is 1. The minimum absolute atomic E-state index is 0.0240. The van der Waals surface area contributed by atoms with Crippen molar-refractivity contribution in [3.8, 4) is 5.75 Å². The summed E-state index contributed by atoms with van der Waals surface area (Å²) in [5, 5.41) is 3.02. The number of ether oxygens (including phenoxy) is 1. The van der Waals surface area contributed by atoms with Gasteiger partial charge in [-0.2, -0.15) is 17.6 Å². The van der Waals surface area contributed by atoms with Crippen LogP contribution in [0.2, 0.25) is 5.02 Å². The zero-order chi connectivity index (χ0) is 24.2. The summed E-state index contributed by atoms with van der Waals surface area (Å²) >= 11 is 5.94. The molecule has 1 amide bonds. The third kappa shape index (κ3) is 5.78. The maximum atomic E-state index is 14.5. The standard InChI is InChI=1S/C23H18ClF5N2O2/c1-14(32)31-22(12-15-5-3-2-4-6-15,20-8-7-17(24)13-30-20)16-9-18(25)11-19(10-16)33-23(28,29)21(26)27/h2-11,13,21H,12H2,1H3,(H,31,32)/t22-/m0/s1. The summed E-state index contributed by atoms with van der Waals surface area (Å²) in [7, 11) is 0. The predicted molar refractivity (Wildman–Crippen MR) is 112 cm³/mol. The van der Waals surface area contributed by atoms with Crippen LogP contribution in [-0.4, -0.2) is 23.4 Å². The first-order chi connectivity index (χ1) is 15.5. The van der Waals surface area contributed by atoms with Crippen molar-refractivity contribution in [2.24, 2.45) is 0 Å². The van der Waals surface area contributed by atoms with Gasteiger partial charge in [-0.3, -0.25) is 9.78 Å². The topological polar surface area (TPSA) is 51.2 Å². The number of aromatic nitrogens is 1. The Hall–Kier alpha value is -3.20. The molecule has 0 bridgehead atoms. The molecule has 0 unspecified atom stereocenters. The monoisotopic (exact) mass is 484 g/mol. The molecule has 10 heteroatoms. The fourth-order valence-electron chi connectivity index (χ4n) is 3.42. The zero-order valence-electron chi connectivity index (χ0n) is 17.2. The number of halogens is 6. The maximum Gasteiger partial charge on any atom is 0.461 e. The van der Waals surface area contributed by atoms with Crippen molar-refractivity contribution < 1.29 is 31.5 Å². The summed E-state index contributed by atoms with van der Waals surface area (Å²) < 4.78 is 71.0. The summed E-state index contributed by atoms with van der Waals surface area (Å²) in [6.07, 6.45) is -7.65. The molecular weight excluding hydrogens is 467 g/mol. The van der Waals surface area contributed by atoms with Gasteiger partial charge in [-0.05, 0) is 35.4 Å². The van der Waals surface area contributed by atoms with Gasteiger partial charge in [0.15, 0.2) is 0 Å². The second kappa shape index (κ2) is 9.74. The van der Waals surface area contributed by atoms with Gasteiger partial charge in [0.05, 0.1) is 10.7 Å². The Morgan fingerprint density at radius 3 is 2.39 bits per heavy atom. The van der Waals surface area contributed by atoms with Gasteiger partial charge < -0.3 is 10.1 Å². The molecule has 0 aliphatic carbocycles. The first kappa shape index (κ1) is 24.4. The van der Waals surface area contributed by atoms with Crippen LogP contribution in [0.15, 0.2) is 66.9 Å². The number of alkyl halides is 4. The van der Waals surface area contributed by atoms with Crippen LogP contribution < -0.4 is 10.1 Å². The van der Waals surface area contributed by atoms with E-state index >= 15 is 0 Å². The van der Waals surface area contributed by atoms with Crippen molar-refractivity contribution in [2.45, 2.75) is 31.4 Å². The number of carbonyl (C=O) groups excluding carboxylic acids is 1. The van der Waals surface area contributed by atoms with Gasteiger partial charge in [0, 0.05) is 25.6 Å². The predicted octanol–water partition coefficient (Wildman–Crippen LogP) is 5.73. The lowest BCUT2D eigenvalue weighted by atomic mass is 9.80. The Morgan fingerprint density at radius 2 is 1.82 bits per heavy atom. The molecule has 0 spiro atoms. The van der Waals surface area contributed by atoms with E-state index in [0.717, 1.165) is 12.1 Å². The van der Waals surface area contributed by atoms with Gasteiger partial charge in [-0.25, -0.2) is 4.39 Å². The van der Waals surface area contributed by atoms with Crippen LogP contribution in [0.3, 0.4) is 0 Å². The van der Waals surface area contributed by atoms with Gasteiger partial charge in [-0.15, -0.1) is 0 Å². The maximum absolute atomic E-state index is 14.5. The third-order valence-electron chi connectivity index (χ3n) is 4.74. The summed E-state index contributed by atoms with van der Waals surface area (Å²) in [6, 6.07) is 14.2. The van der Waals surface area contributed by atoms with Crippen LogP contribution in [0.4, 0.5) is 22.0 Å². The molecule has 3 rings (SSSR count). The number of carbonyl (C=O) groups is 1. The lowest BCUT2D eigenvalue weighted by Crippen LogP contribution is -2.48. The van der Waals surface area contributed by atoms with Gasteiger partial charge in [0.1, 0.15) is 17.1 Å². The summed E-state index contributed by atoms with van der Waals surface area (Å²) in [6.45, 7) is 1.22.